The number of likely N-dealkylation sites (N-methyl/N-ethyl adjacent to an activating group) is 1. The van der Waals surface area contributed by atoms with Gasteiger partial charge in [-0.15, -0.1) is 0 Å². The number of piperazine rings is 1. The Balaban J connectivity index is 2.33. The summed E-state index contributed by atoms with van der Waals surface area (Å²) in [5, 5.41) is 9.09. The minimum atomic E-state index is -0.976. The fraction of sp³-hybridized carbons (Fsp3) is 0.462. The standard InChI is InChI=1S/C13H19N3O2/c1-9-8-15(2)6-7-16(9)11-5-3-4-10(12(11)14)13(17)18/h3-5,9H,6-8,14H2,1-2H3,(H,17,18). The van der Waals surface area contributed by atoms with Gasteiger partial charge in [-0.25, -0.2) is 4.79 Å². The van der Waals surface area contributed by atoms with E-state index in [1.807, 2.05) is 6.07 Å². The smallest absolute Gasteiger partial charge is 0.337 e. The third-order valence-corrected chi connectivity index (χ3v) is 3.45. The summed E-state index contributed by atoms with van der Waals surface area (Å²) in [6.07, 6.45) is 0. The van der Waals surface area contributed by atoms with Crippen LogP contribution in [0.4, 0.5) is 11.4 Å². The van der Waals surface area contributed by atoms with Crippen LogP contribution in [0.5, 0.6) is 0 Å². The summed E-state index contributed by atoms with van der Waals surface area (Å²) in [6, 6.07) is 5.51. The first-order chi connectivity index (χ1) is 8.50. The molecule has 0 amide bonds. The topological polar surface area (TPSA) is 69.8 Å². The molecule has 0 bridgehead atoms. The Kier molecular flexibility index (Phi) is 3.43. The Bertz CT molecular complexity index is 462. The van der Waals surface area contributed by atoms with E-state index in [0.717, 1.165) is 25.3 Å². The summed E-state index contributed by atoms with van der Waals surface area (Å²) in [4.78, 5) is 15.5. The molecule has 2 rings (SSSR count). The highest BCUT2D eigenvalue weighted by Gasteiger charge is 2.24. The number of aromatic carboxylic acids is 1. The Morgan fingerprint density at radius 1 is 1.44 bits per heavy atom. The molecule has 0 radical (unpaired) electrons. The lowest BCUT2D eigenvalue weighted by Gasteiger charge is -2.40. The second-order valence-corrected chi connectivity index (χ2v) is 4.85. The van der Waals surface area contributed by atoms with Gasteiger partial charge in [-0.3, -0.25) is 0 Å². The Labute approximate surface area is 107 Å². The molecule has 5 nitrogen and oxygen atoms in total. The summed E-state index contributed by atoms with van der Waals surface area (Å²) in [7, 11) is 2.09. The minimum absolute atomic E-state index is 0.179. The fourth-order valence-electron chi connectivity index (χ4n) is 2.49. The zero-order valence-corrected chi connectivity index (χ0v) is 10.8. The normalized spacial score (nSPS) is 21.0. The highest BCUT2D eigenvalue weighted by Crippen LogP contribution is 2.29. The number of hydrogen-bond acceptors (Lipinski definition) is 4. The van der Waals surface area contributed by atoms with Gasteiger partial charge in [0, 0.05) is 25.7 Å². The quantitative estimate of drug-likeness (QED) is 0.768. The Morgan fingerprint density at radius 3 is 2.78 bits per heavy atom. The molecule has 0 aliphatic carbocycles. The Morgan fingerprint density at radius 2 is 2.17 bits per heavy atom. The number of rotatable bonds is 2. The molecule has 1 saturated heterocycles. The van der Waals surface area contributed by atoms with Crippen molar-refractivity contribution in [1.29, 1.82) is 0 Å². The molecule has 0 spiro atoms. The van der Waals surface area contributed by atoms with Crippen LogP contribution in [0.1, 0.15) is 17.3 Å². The van der Waals surface area contributed by atoms with E-state index in [-0.39, 0.29) is 5.56 Å². The van der Waals surface area contributed by atoms with Gasteiger partial charge in [-0.1, -0.05) is 6.07 Å². The summed E-state index contributed by atoms with van der Waals surface area (Å²) in [5.74, 6) is -0.976. The Hall–Kier alpha value is -1.75. The summed E-state index contributed by atoms with van der Waals surface area (Å²) < 4.78 is 0. The molecule has 1 fully saturated rings. The molecule has 1 aromatic carbocycles. The van der Waals surface area contributed by atoms with Gasteiger partial charge in [0.2, 0.25) is 0 Å². The number of carboxylic acids is 1. The van der Waals surface area contributed by atoms with Crippen LogP contribution in [-0.4, -0.2) is 48.7 Å². The lowest BCUT2D eigenvalue weighted by molar-refractivity contribution is 0.0698. The van der Waals surface area contributed by atoms with Crippen molar-refractivity contribution in [1.82, 2.24) is 4.90 Å². The van der Waals surface area contributed by atoms with Crippen LogP contribution in [0.15, 0.2) is 18.2 Å². The maximum absolute atomic E-state index is 11.1. The summed E-state index contributed by atoms with van der Waals surface area (Å²) in [6.45, 7) is 4.91. The molecule has 1 aliphatic rings. The van der Waals surface area contributed by atoms with Gasteiger partial charge in [0.15, 0.2) is 0 Å². The van der Waals surface area contributed by atoms with Crippen molar-refractivity contribution in [2.75, 3.05) is 37.3 Å². The molecule has 1 heterocycles. The molecule has 5 heteroatoms. The molecule has 98 valence electrons. The van der Waals surface area contributed by atoms with E-state index in [4.69, 9.17) is 10.8 Å². The predicted octanol–water partition coefficient (Wildman–Crippen LogP) is 1.11. The first kappa shape index (κ1) is 12.7. The van der Waals surface area contributed by atoms with E-state index in [1.165, 1.54) is 0 Å². The third kappa shape index (κ3) is 2.26. The van der Waals surface area contributed by atoms with E-state index in [9.17, 15) is 4.79 Å². The molecule has 1 unspecified atom stereocenters. The number of carboxylic acid groups (broad SMARTS) is 1. The molecule has 0 saturated carbocycles. The maximum atomic E-state index is 11.1. The van der Waals surface area contributed by atoms with Crippen LogP contribution < -0.4 is 10.6 Å². The SMILES string of the molecule is CC1CN(C)CCN1c1cccc(C(=O)O)c1N. The molecule has 18 heavy (non-hydrogen) atoms. The minimum Gasteiger partial charge on any atom is -0.478 e. The fourth-order valence-corrected chi connectivity index (χ4v) is 2.49. The van der Waals surface area contributed by atoms with Gasteiger partial charge in [0.05, 0.1) is 16.9 Å². The number of hydrogen-bond donors (Lipinski definition) is 2. The van der Waals surface area contributed by atoms with Crippen molar-refractivity contribution in [2.45, 2.75) is 13.0 Å². The van der Waals surface area contributed by atoms with E-state index >= 15 is 0 Å². The zero-order chi connectivity index (χ0) is 13.3. The van der Waals surface area contributed by atoms with E-state index < -0.39 is 5.97 Å². The van der Waals surface area contributed by atoms with Gasteiger partial charge >= 0.3 is 5.97 Å². The van der Waals surface area contributed by atoms with Crippen molar-refractivity contribution in [3.8, 4) is 0 Å². The first-order valence-corrected chi connectivity index (χ1v) is 6.07. The van der Waals surface area contributed by atoms with Crippen molar-refractivity contribution in [2.24, 2.45) is 0 Å². The molecular formula is C13H19N3O2. The van der Waals surface area contributed by atoms with E-state index in [0.29, 0.717) is 11.7 Å². The van der Waals surface area contributed by atoms with Gasteiger partial charge in [0.25, 0.3) is 0 Å². The van der Waals surface area contributed by atoms with E-state index in [1.54, 1.807) is 12.1 Å². The van der Waals surface area contributed by atoms with Crippen molar-refractivity contribution in [3.05, 3.63) is 23.8 Å². The van der Waals surface area contributed by atoms with Crippen LogP contribution in [0.3, 0.4) is 0 Å². The number of carbonyl (C=O) groups is 1. The van der Waals surface area contributed by atoms with Crippen LogP contribution in [0.2, 0.25) is 0 Å². The summed E-state index contributed by atoms with van der Waals surface area (Å²) >= 11 is 0. The average Bonchev–Trinajstić information content (AvgIpc) is 2.30. The molecule has 1 aromatic rings. The predicted molar refractivity (Wildman–Crippen MR) is 72.1 cm³/mol. The number of nitrogens with two attached hydrogens (primary N) is 1. The van der Waals surface area contributed by atoms with Gasteiger partial charge in [-0.05, 0) is 26.1 Å². The maximum Gasteiger partial charge on any atom is 0.337 e. The highest BCUT2D eigenvalue weighted by atomic mass is 16.4. The monoisotopic (exact) mass is 249 g/mol. The molecule has 1 atom stereocenters. The first-order valence-electron chi connectivity index (χ1n) is 6.07. The number of para-hydroxylation sites is 1. The van der Waals surface area contributed by atoms with E-state index in [2.05, 4.69) is 23.8 Å². The number of nitrogen functional groups attached to an aromatic ring is 1. The largest absolute Gasteiger partial charge is 0.478 e. The van der Waals surface area contributed by atoms with Crippen LogP contribution >= 0.6 is 0 Å². The number of benzene rings is 1. The number of nitrogens with zero attached hydrogens (tertiary/aromatic N) is 2. The van der Waals surface area contributed by atoms with Crippen LogP contribution in [0.25, 0.3) is 0 Å². The van der Waals surface area contributed by atoms with Crippen molar-refractivity contribution in [3.63, 3.8) is 0 Å². The van der Waals surface area contributed by atoms with Crippen molar-refractivity contribution >= 4 is 17.3 Å². The number of anilines is 2. The molecular weight excluding hydrogens is 230 g/mol. The second-order valence-electron chi connectivity index (χ2n) is 4.85. The van der Waals surface area contributed by atoms with Crippen LogP contribution in [0, 0.1) is 0 Å². The van der Waals surface area contributed by atoms with Gasteiger partial charge < -0.3 is 20.6 Å². The molecule has 1 aliphatic heterocycles. The third-order valence-electron chi connectivity index (χ3n) is 3.45. The van der Waals surface area contributed by atoms with Gasteiger partial charge in [-0.2, -0.15) is 0 Å². The molecule has 3 N–H and O–H groups in total. The lowest BCUT2D eigenvalue weighted by atomic mass is 10.1. The zero-order valence-electron chi connectivity index (χ0n) is 10.8. The lowest BCUT2D eigenvalue weighted by Crippen LogP contribution is -2.50. The summed E-state index contributed by atoms with van der Waals surface area (Å²) in [5.41, 5.74) is 7.35. The average molecular weight is 249 g/mol. The van der Waals surface area contributed by atoms with Crippen LogP contribution in [-0.2, 0) is 0 Å². The van der Waals surface area contributed by atoms with Crippen molar-refractivity contribution < 1.29 is 9.90 Å². The second kappa shape index (κ2) is 4.86. The molecule has 0 aromatic heterocycles. The van der Waals surface area contributed by atoms with Gasteiger partial charge in [0.1, 0.15) is 0 Å². The highest BCUT2D eigenvalue weighted by molar-refractivity contribution is 5.97.